The van der Waals surface area contributed by atoms with Gasteiger partial charge in [-0.25, -0.2) is 0 Å². The molecule has 0 aliphatic carbocycles. The zero-order chi connectivity index (χ0) is 27.4. The van der Waals surface area contributed by atoms with Crippen molar-refractivity contribution >= 4 is 0 Å². The molecule has 0 amide bonds. The molecule has 0 spiro atoms. The van der Waals surface area contributed by atoms with Crippen LogP contribution in [0.2, 0.25) is 0 Å². The van der Waals surface area contributed by atoms with Crippen molar-refractivity contribution in [3.8, 4) is 0 Å². The summed E-state index contributed by atoms with van der Waals surface area (Å²) >= 11 is 0. The van der Waals surface area contributed by atoms with E-state index >= 15 is 0 Å². The van der Waals surface area contributed by atoms with Crippen LogP contribution in [0.25, 0.3) is 0 Å². The maximum absolute atomic E-state index is 10.9. The maximum atomic E-state index is 10.9. The Morgan fingerprint density at radius 1 is 0.541 bits per heavy atom. The highest BCUT2D eigenvalue weighted by atomic mass is 16.7. The fourth-order valence-electron chi connectivity index (χ4n) is 4.30. The van der Waals surface area contributed by atoms with Crippen molar-refractivity contribution in [3.05, 3.63) is 0 Å². The Morgan fingerprint density at radius 2 is 1.03 bits per heavy atom. The molecule has 3 rings (SSSR count). The number of ether oxygens (including phenoxy) is 6. The molecular weight excluding hydrogens is 508 g/mol. The van der Waals surface area contributed by atoms with Crippen LogP contribution in [0, 0.1) is 0 Å². The lowest BCUT2D eigenvalue weighted by molar-refractivity contribution is -0.366. The minimum absolute atomic E-state index is 0.144. The van der Waals surface area contributed by atoms with Crippen molar-refractivity contribution in [3.63, 3.8) is 0 Å². The zero-order valence-corrected chi connectivity index (χ0v) is 20.1. The van der Waals surface area contributed by atoms with Crippen LogP contribution in [0.3, 0.4) is 0 Å². The largest absolute Gasteiger partial charge is 0.394 e. The van der Waals surface area contributed by atoms with Gasteiger partial charge >= 0.3 is 0 Å². The van der Waals surface area contributed by atoms with Gasteiger partial charge in [0.15, 0.2) is 18.9 Å². The molecule has 0 aromatic carbocycles. The lowest BCUT2D eigenvalue weighted by atomic mass is 9.96. The summed E-state index contributed by atoms with van der Waals surface area (Å²) < 4.78 is 32.7. The Morgan fingerprint density at radius 3 is 1.57 bits per heavy atom. The lowest BCUT2D eigenvalue weighted by Crippen LogP contribution is -2.65. The molecule has 0 saturated carbocycles. The Labute approximate surface area is 212 Å². The Balaban J connectivity index is 1.73. The molecule has 0 bridgehead atoms. The second kappa shape index (κ2) is 13.6. The number of aliphatic hydroxyl groups excluding tert-OH is 10. The van der Waals surface area contributed by atoms with Crippen molar-refractivity contribution in [1.29, 1.82) is 0 Å². The highest BCUT2D eigenvalue weighted by molar-refractivity contribution is 4.95. The van der Waals surface area contributed by atoms with E-state index in [4.69, 9.17) is 28.4 Å². The molecule has 1 unspecified atom stereocenters. The van der Waals surface area contributed by atoms with E-state index in [9.17, 15) is 51.1 Å². The molecule has 3 aliphatic heterocycles. The molecular formula is C21H38O16. The van der Waals surface area contributed by atoms with Crippen molar-refractivity contribution in [2.75, 3.05) is 26.4 Å². The Hall–Kier alpha value is -0.640. The molecule has 16 nitrogen and oxygen atoms in total. The first-order valence-electron chi connectivity index (χ1n) is 12.1. The third kappa shape index (κ3) is 6.75. The molecule has 3 fully saturated rings. The van der Waals surface area contributed by atoms with Gasteiger partial charge in [-0.2, -0.15) is 0 Å². The van der Waals surface area contributed by atoms with Gasteiger partial charge in [0.25, 0.3) is 0 Å². The third-order valence-corrected chi connectivity index (χ3v) is 6.54. The van der Waals surface area contributed by atoms with Crippen molar-refractivity contribution in [2.24, 2.45) is 0 Å². The molecule has 10 N–H and O–H groups in total. The van der Waals surface area contributed by atoms with Crippen LogP contribution in [0.4, 0.5) is 0 Å². The minimum atomic E-state index is -1.81. The van der Waals surface area contributed by atoms with Gasteiger partial charge in [-0.1, -0.05) is 6.92 Å². The van der Waals surface area contributed by atoms with Crippen LogP contribution >= 0.6 is 0 Å². The van der Waals surface area contributed by atoms with Crippen molar-refractivity contribution < 1.29 is 79.5 Å². The Bertz CT molecular complexity index is 683. The van der Waals surface area contributed by atoms with Gasteiger partial charge in [0.05, 0.1) is 19.8 Å². The summed E-state index contributed by atoms with van der Waals surface area (Å²) in [4.78, 5) is 0. The first-order valence-corrected chi connectivity index (χ1v) is 12.1. The normalized spacial score (nSPS) is 49.2. The van der Waals surface area contributed by atoms with Crippen LogP contribution in [0.5, 0.6) is 0 Å². The topological polar surface area (TPSA) is 258 Å². The van der Waals surface area contributed by atoms with Crippen LogP contribution in [0.1, 0.15) is 13.3 Å². The molecule has 0 aromatic heterocycles. The number of aliphatic hydroxyl groups is 10. The van der Waals surface area contributed by atoms with E-state index in [0.717, 1.165) is 0 Å². The minimum Gasteiger partial charge on any atom is -0.394 e. The Kier molecular flexibility index (Phi) is 11.4. The van der Waals surface area contributed by atoms with Gasteiger partial charge in [0, 0.05) is 6.61 Å². The summed E-state index contributed by atoms with van der Waals surface area (Å²) in [6, 6.07) is 0. The molecule has 37 heavy (non-hydrogen) atoms. The average Bonchev–Trinajstić information content (AvgIpc) is 2.89. The van der Waals surface area contributed by atoms with Crippen LogP contribution in [0.15, 0.2) is 0 Å². The van der Waals surface area contributed by atoms with Gasteiger partial charge in [0.1, 0.15) is 73.2 Å². The van der Waals surface area contributed by atoms with Gasteiger partial charge in [0.2, 0.25) is 0 Å². The van der Waals surface area contributed by atoms with E-state index in [0.29, 0.717) is 6.42 Å². The van der Waals surface area contributed by atoms with E-state index in [1.807, 2.05) is 0 Å². The highest BCUT2D eigenvalue weighted by Gasteiger charge is 2.52. The van der Waals surface area contributed by atoms with E-state index in [-0.39, 0.29) is 6.61 Å². The third-order valence-electron chi connectivity index (χ3n) is 6.54. The molecule has 3 saturated heterocycles. The fourth-order valence-corrected chi connectivity index (χ4v) is 4.30. The molecule has 0 radical (unpaired) electrons. The molecule has 16 heteroatoms. The molecule has 3 aliphatic rings. The number of rotatable bonds is 10. The summed E-state index contributed by atoms with van der Waals surface area (Å²) in [7, 11) is 0. The van der Waals surface area contributed by atoms with Crippen molar-refractivity contribution in [2.45, 2.75) is 105 Å². The van der Waals surface area contributed by atoms with Crippen molar-refractivity contribution in [1.82, 2.24) is 0 Å². The monoisotopic (exact) mass is 546 g/mol. The molecule has 15 atom stereocenters. The second-order valence-electron chi connectivity index (χ2n) is 9.22. The van der Waals surface area contributed by atoms with Gasteiger partial charge < -0.3 is 79.5 Å². The number of hydrogen-bond acceptors (Lipinski definition) is 16. The van der Waals surface area contributed by atoms with Gasteiger partial charge in [-0.15, -0.1) is 0 Å². The lowest BCUT2D eigenvalue weighted by Gasteiger charge is -2.46. The zero-order valence-electron chi connectivity index (χ0n) is 20.1. The summed E-state index contributed by atoms with van der Waals surface area (Å²) in [5.41, 5.74) is 0. The van der Waals surface area contributed by atoms with E-state index < -0.39 is 112 Å². The average molecular weight is 547 g/mol. The highest BCUT2D eigenvalue weighted by Crippen LogP contribution is 2.31. The summed E-state index contributed by atoms with van der Waals surface area (Å²) in [6.07, 6.45) is -22.9. The first-order chi connectivity index (χ1) is 17.5. The van der Waals surface area contributed by atoms with Crippen LogP contribution in [-0.4, -0.2) is 170 Å². The van der Waals surface area contributed by atoms with E-state index in [2.05, 4.69) is 0 Å². The second-order valence-corrected chi connectivity index (χ2v) is 9.22. The summed E-state index contributed by atoms with van der Waals surface area (Å²) in [5, 5.41) is 101. The number of hydrogen-bond donors (Lipinski definition) is 10. The molecule has 218 valence electrons. The quantitative estimate of drug-likeness (QED) is 0.122. The first kappa shape index (κ1) is 30.9. The predicted octanol–water partition coefficient (Wildman–Crippen LogP) is -6.14. The molecule has 3 heterocycles. The van der Waals surface area contributed by atoms with E-state index in [1.165, 1.54) is 0 Å². The molecule has 0 aromatic rings. The maximum Gasteiger partial charge on any atom is 0.187 e. The van der Waals surface area contributed by atoms with Gasteiger partial charge in [-0.05, 0) is 6.42 Å². The van der Waals surface area contributed by atoms with E-state index in [1.54, 1.807) is 6.92 Å². The standard InChI is InChI=1S/C21H38O16/c1-2-3-32-20-17(31)18(37-21-16(30)14(28)11(25)8(5-23)35-21)12(26)9(36-20)6-33-19-15(29)13(27)10(24)7(4-22)34-19/h7-31H,2-6H2,1H3/t7-,8-,9?,10-,11-,12-,13+,14+,15+,16+,17+,18+,19+,20+,21-/m1/s1. The van der Waals surface area contributed by atoms with Gasteiger partial charge in [-0.3, -0.25) is 0 Å². The predicted molar refractivity (Wildman–Crippen MR) is 115 cm³/mol. The summed E-state index contributed by atoms with van der Waals surface area (Å²) in [6.45, 7) is 0.0245. The summed E-state index contributed by atoms with van der Waals surface area (Å²) in [5.74, 6) is 0. The fraction of sp³-hybridized carbons (Fsp3) is 1.00. The SMILES string of the molecule is CCCO[C@H]1OC(CO[C@H]2O[C@H](CO)[C@@H](O)[C@H](O)[C@@H]2O)[C@@H](O)[C@H](O[C@H]2O[C@H](CO)[C@@H](O)[C@H](O)[C@@H]2O)[C@@H]1O. The smallest absolute Gasteiger partial charge is 0.187 e. The van der Waals surface area contributed by atoms with Crippen LogP contribution in [-0.2, 0) is 28.4 Å². The van der Waals surface area contributed by atoms with Crippen LogP contribution < -0.4 is 0 Å².